The maximum Gasteiger partial charge on any atom is 0.359 e. The summed E-state index contributed by atoms with van der Waals surface area (Å²) < 4.78 is -0.227. The van der Waals surface area contributed by atoms with Gasteiger partial charge in [0, 0.05) is 45.7 Å². The Kier molecular flexibility index (Phi) is 10.5. The van der Waals surface area contributed by atoms with Crippen LogP contribution in [0.1, 0.15) is 6.42 Å². The van der Waals surface area contributed by atoms with Crippen LogP contribution in [-0.2, 0) is 19.2 Å². The molecule has 0 atom stereocenters. The third kappa shape index (κ3) is 10.7. The van der Waals surface area contributed by atoms with E-state index in [0.29, 0.717) is 39.1 Å². The van der Waals surface area contributed by atoms with Gasteiger partial charge in [0.15, 0.2) is 13.1 Å². The van der Waals surface area contributed by atoms with E-state index in [2.05, 4.69) is 5.32 Å². The van der Waals surface area contributed by atoms with Gasteiger partial charge in [0.1, 0.15) is 0 Å². The quantitative estimate of drug-likeness (QED) is 0.269. The van der Waals surface area contributed by atoms with Gasteiger partial charge in [-0.05, 0) is 0 Å². The summed E-state index contributed by atoms with van der Waals surface area (Å²) >= 11 is 0. The molecule has 1 fully saturated rings. The Balaban J connectivity index is 3.04. The number of carboxylic acids is 4. The van der Waals surface area contributed by atoms with Crippen LogP contribution in [0.2, 0.25) is 0 Å². The molecule has 29 heavy (non-hydrogen) atoms. The molecule has 0 spiro atoms. The van der Waals surface area contributed by atoms with Crippen molar-refractivity contribution in [1.29, 1.82) is 0 Å². The number of hydrogen-bond acceptors (Lipinski definition) is 7. The first kappa shape index (κ1) is 24.8. The normalized spacial score (nSPS) is 20.0. The van der Waals surface area contributed by atoms with E-state index < -0.39 is 37.0 Å². The van der Waals surface area contributed by atoms with E-state index in [1.807, 2.05) is 0 Å². The predicted octanol–water partition coefficient (Wildman–Crippen LogP) is -2.26. The van der Waals surface area contributed by atoms with Gasteiger partial charge in [0.25, 0.3) is 0 Å². The van der Waals surface area contributed by atoms with Gasteiger partial charge in [-0.3, -0.25) is 19.4 Å². The zero-order chi connectivity index (χ0) is 21.9. The molecule has 0 bridgehead atoms. The van der Waals surface area contributed by atoms with Crippen LogP contribution in [0.5, 0.6) is 0 Å². The number of nitrogens with one attached hydrogen (secondary N) is 1. The van der Waals surface area contributed by atoms with Gasteiger partial charge in [0.2, 0.25) is 0 Å². The summed E-state index contributed by atoms with van der Waals surface area (Å²) in [6.45, 7) is 1.72. The van der Waals surface area contributed by atoms with Crippen LogP contribution >= 0.6 is 0 Å². The lowest BCUT2D eigenvalue weighted by Crippen LogP contribution is -2.58. The lowest BCUT2D eigenvalue weighted by molar-refractivity contribution is -0.914. The zero-order valence-electron chi connectivity index (χ0n) is 16.5. The number of carboxylic acid groups (broad SMARTS) is 4. The number of hydrogen-bond donors (Lipinski definition) is 5. The molecular weight excluding hydrogens is 388 g/mol. The van der Waals surface area contributed by atoms with Crippen LogP contribution < -0.4 is 5.32 Å². The standard InChI is InChI=1S/C17H30N4O8/c22-14(23)10-19-4-1-8-21(12-16(26)27,13-17(28)29)9-7-20(11-15(24)25)6-3-18-2-5-19/h18H,1-13H2,(H3-,22,23,24,25,26,27,28,29)/p+1. The summed E-state index contributed by atoms with van der Waals surface area (Å²) in [7, 11) is 0. The Morgan fingerprint density at radius 1 is 0.690 bits per heavy atom. The van der Waals surface area contributed by atoms with Crippen LogP contribution in [0.4, 0.5) is 0 Å². The maximum atomic E-state index is 11.4. The highest BCUT2D eigenvalue weighted by Gasteiger charge is 2.34. The van der Waals surface area contributed by atoms with E-state index >= 15 is 0 Å². The van der Waals surface area contributed by atoms with Gasteiger partial charge in [-0.25, -0.2) is 9.59 Å². The average Bonchev–Trinajstić information content (AvgIpc) is 2.57. The predicted molar refractivity (Wildman–Crippen MR) is 101 cm³/mol. The molecule has 12 nitrogen and oxygen atoms in total. The van der Waals surface area contributed by atoms with E-state index in [1.54, 1.807) is 9.80 Å². The Morgan fingerprint density at radius 3 is 1.62 bits per heavy atom. The molecule has 0 aromatic rings. The van der Waals surface area contributed by atoms with Crippen molar-refractivity contribution in [2.45, 2.75) is 6.42 Å². The number of carbonyl (C=O) groups is 4. The third-order valence-electron chi connectivity index (χ3n) is 4.87. The highest BCUT2D eigenvalue weighted by atomic mass is 16.4. The van der Waals surface area contributed by atoms with Gasteiger partial charge < -0.3 is 30.2 Å². The lowest BCUT2D eigenvalue weighted by atomic mass is 10.2. The molecule has 0 radical (unpaired) electrons. The molecular formula is C17H31N4O8+. The van der Waals surface area contributed by atoms with Crippen molar-refractivity contribution < 1.29 is 44.1 Å². The summed E-state index contributed by atoms with van der Waals surface area (Å²) in [6, 6.07) is 0. The molecule has 0 aliphatic carbocycles. The Hall–Kier alpha value is -2.28. The minimum Gasteiger partial charge on any atom is -0.480 e. The molecule has 166 valence electrons. The Labute approximate surface area is 168 Å². The third-order valence-corrected chi connectivity index (χ3v) is 4.87. The van der Waals surface area contributed by atoms with Gasteiger partial charge in [0.05, 0.1) is 26.2 Å². The number of aliphatic carboxylic acids is 4. The topological polar surface area (TPSA) is 168 Å². The Morgan fingerprint density at radius 2 is 1.17 bits per heavy atom. The molecule has 0 aromatic heterocycles. The van der Waals surface area contributed by atoms with Crippen LogP contribution in [0.25, 0.3) is 0 Å². The fourth-order valence-electron chi connectivity index (χ4n) is 3.56. The smallest absolute Gasteiger partial charge is 0.359 e. The largest absolute Gasteiger partial charge is 0.480 e. The van der Waals surface area contributed by atoms with Crippen molar-refractivity contribution in [1.82, 2.24) is 15.1 Å². The van der Waals surface area contributed by atoms with Crippen LogP contribution in [0.15, 0.2) is 0 Å². The molecule has 0 unspecified atom stereocenters. The minimum absolute atomic E-state index is 0.162. The number of quaternary nitrogens is 1. The van der Waals surface area contributed by atoms with Gasteiger partial charge in [-0.15, -0.1) is 0 Å². The molecule has 0 saturated carbocycles. The molecule has 12 heteroatoms. The molecule has 0 aromatic carbocycles. The number of rotatable bonds is 8. The fraction of sp³-hybridized carbons (Fsp3) is 0.765. The molecule has 1 aliphatic heterocycles. The SMILES string of the molecule is O=C(O)CN1CCC[N+](CC(=O)O)(CC(=O)O)CCN(CC(=O)O)CCNCC1. The van der Waals surface area contributed by atoms with Crippen LogP contribution in [-0.4, -0.2) is 137 Å². The number of nitrogens with zero attached hydrogens (tertiary/aromatic N) is 3. The summed E-state index contributed by atoms with van der Waals surface area (Å²) in [6.07, 6.45) is 0.423. The summed E-state index contributed by atoms with van der Waals surface area (Å²) in [4.78, 5) is 48.5. The van der Waals surface area contributed by atoms with Crippen molar-refractivity contribution >= 4 is 23.9 Å². The van der Waals surface area contributed by atoms with Gasteiger partial charge in [-0.1, -0.05) is 0 Å². The monoisotopic (exact) mass is 419 g/mol. The lowest BCUT2D eigenvalue weighted by Gasteiger charge is -2.37. The molecule has 1 rings (SSSR count). The van der Waals surface area contributed by atoms with E-state index in [0.717, 1.165) is 0 Å². The summed E-state index contributed by atoms with van der Waals surface area (Å²) in [5.74, 6) is -4.26. The van der Waals surface area contributed by atoms with Gasteiger partial charge in [-0.2, -0.15) is 0 Å². The van der Waals surface area contributed by atoms with E-state index in [9.17, 15) is 29.4 Å². The van der Waals surface area contributed by atoms with Crippen molar-refractivity contribution in [3.05, 3.63) is 0 Å². The molecule has 1 heterocycles. The first-order chi connectivity index (χ1) is 13.6. The van der Waals surface area contributed by atoms with Crippen molar-refractivity contribution in [3.63, 3.8) is 0 Å². The molecule has 5 N–H and O–H groups in total. The Bertz CT molecular complexity index is 570. The molecule has 1 aliphatic rings. The zero-order valence-corrected chi connectivity index (χ0v) is 16.5. The van der Waals surface area contributed by atoms with Crippen LogP contribution in [0, 0.1) is 0 Å². The molecule has 0 amide bonds. The second-order valence-electron chi connectivity index (χ2n) is 7.34. The van der Waals surface area contributed by atoms with Crippen molar-refractivity contribution in [2.75, 3.05) is 78.5 Å². The van der Waals surface area contributed by atoms with Crippen LogP contribution in [0.3, 0.4) is 0 Å². The second-order valence-corrected chi connectivity index (χ2v) is 7.34. The highest BCUT2D eigenvalue weighted by molar-refractivity contribution is 5.70. The second kappa shape index (κ2) is 12.3. The highest BCUT2D eigenvalue weighted by Crippen LogP contribution is 2.11. The average molecular weight is 419 g/mol. The summed E-state index contributed by atoms with van der Waals surface area (Å²) in [5, 5.41) is 40.0. The fourth-order valence-corrected chi connectivity index (χ4v) is 3.56. The minimum atomic E-state index is -1.13. The molecule has 1 saturated heterocycles. The van der Waals surface area contributed by atoms with Crippen molar-refractivity contribution in [2.24, 2.45) is 0 Å². The van der Waals surface area contributed by atoms with E-state index in [4.69, 9.17) is 10.2 Å². The summed E-state index contributed by atoms with van der Waals surface area (Å²) in [5.41, 5.74) is 0. The van der Waals surface area contributed by atoms with Crippen molar-refractivity contribution in [3.8, 4) is 0 Å². The van der Waals surface area contributed by atoms with Gasteiger partial charge >= 0.3 is 23.9 Å². The first-order valence-electron chi connectivity index (χ1n) is 9.49. The maximum absolute atomic E-state index is 11.4. The van der Waals surface area contributed by atoms with E-state index in [-0.39, 0.29) is 37.2 Å². The van der Waals surface area contributed by atoms with E-state index in [1.165, 1.54) is 0 Å². The first-order valence-corrected chi connectivity index (χ1v) is 9.49.